The fourth-order valence-corrected chi connectivity index (χ4v) is 3.60. The highest BCUT2D eigenvalue weighted by atomic mass is 16.5. The third kappa shape index (κ3) is 3.52. The lowest BCUT2D eigenvalue weighted by Gasteiger charge is -2.33. The molecule has 1 aromatic heterocycles. The van der Waals surface area contributed by atoms with E-state index < -0.39 is 0 Å². The molecule has 2 aliphatic heterocycles. The molecule has 7 heteroatoms. The molecule has 0 aliphatic carbocycles. The van der Waals surface area contributed by atoms with Crippen LogP contribution in [0, 0.1) is 5.92 Å². The van der Waals surface area contributed by atoms with Gasteiger partial charge in [0.1, 0.15) is 5.69 Å². The third-order valence-corrected chi connectivity index (χ3v) is 4.90. The van der Waals surface area contributed by atoms with Gasteiger partial charge in [-0.25, -0.2) is 4.68 Å². The molecule has 0 spiro atoms. The molecule has 1 aromatic rings. The lowest BCUT2D eigenvalue weighted by Crippen LogP contribution is -2.47. The second kappa shape index (κ2) is 7.44. The molecule has 0 bridgehead atoms. The van der Waals surface area contributed by atoms with Crippen molar-refractivity contribution in [2.24, 2.45) is 5.92 Å². The molecule has 1 amide bonds. The molecule has 0 radical (unpaired) electrons. The average molecular weight is 334 g/mol. The van der Waals surface area contributed by atoms with Crippen LogP contribution in [0.5, 0.6) is 0 Å². The molecule has 0 saturated carbocycles. The van der Waals surface area contributed by atoms with Crippen LogP contribution in [0.1, 0.15) is 30.8 Å². The van der Waals surface area contributed by atoms with E-state index in [-0.39, 0.29) is 11.5 Å². The monoisotopic (exact) mass is 334 g/mol. The Labute approximate surface area is 142 Å². The Morgan fingerprint density at radius 2 is 2.04 bits per heavy atom. The van der Waals surface area contributed by atoms with E-state index in [1.807, 2.05) is 11.8 Å². The first-order chi connectivity index (χ1) is 11.6. The molecule has 7 nitrogen and oxygen atoms in total. The summed E-state index contributed by atoms with van der Waals surface area (Å²) in [6.45, 7) is 9.54. The zero-order valence-electron chi connectivity index (χ0n) is 14.5. The zero-order valence-corrected chi connectivity index (χ0v) is 14.5. The van der Waals surface area contributed by atoms with Gasteiger partial charge in [0.15, 0.2) is 0 Å². The zero-order chi connectivity index (χ0) is 17.1. The van der Waals surface area contributed by atoms with Crippen molar-refractivity contribution < 1.29 is 9.53 Å². The summed E-state index contributed by atoms with van der Waals surface area (Å²) in [5.41, 5.74) is 0.201. The number of aryl methyl sites for hydroxylation is 1. The molecule has 2 aliphatic rings. The smallest absolute Gasteiger partial charge is 0.274 e. The van der Waals surface area contributed by atoms with E-state index in [0.29, 0.717) is 30.7 Å². The molecule has 0 unspecified atom stereocenters. The first kappa shape index (κ1) is 17.1. The number of morpholine rings is 1. The Bertz CT molecular complexity index is 639. The molecule has 2 atom stereocenters. The first-order valence-corrected chi connectivity index (χ1v) is 8.79. The van der Waals surface area contributed by atoms with Crippen molar-refractivity contribution in [3.05, 3.63) is 28.2 Å². The summed E-state index contributed by atoms with van der Waals surface area (Å²) in [5.74, 6) is 0.344. The first-order valence-electron chi connectivity index (χ1n) is 8.79. The molecule has 2 fully saturated rings. The van der Waals surface area contributed by atoms with Crippen molar-refractivity contribution >= 4 is 5.91 Å². The van der Waals surface area contributed by atoms with Crippen LogP contribution >= 0.6 is 0 Å². The standard InChI is InChI=1S/C17H26N4O3/c1-3-6-21-16(22)5-4-14(18-21)17(23)20-11-13(2)15(12-20)19-7-9-24-10-8-19/h4-5,13,15H,3,6-12H2,1-2H3/t13-,15-/m1/s1. The Morgan fingerprint density at radius 3 is 2.75 bits per heavy atom. The Kier molecular flexibility index (Phi) is 5.30. The molecular weight excluding hydrogens is 308 g/mol. The normalized spacial score (nSPS) is 25.2. The van der Waals surface area contributed by atoms with Gasteiger partial charge in [0, 0.05) is 44.8 Å². The van der Waals surface area contributed by atoms with Crippen molar-refractivity contribution in [2.75, 3.05) is 39.4 Å². The van der Waals surface area contributed by atoms with Crippen molar-refractivity contribution in [1.29, 1.82) is 0 Å². The Hall–Kier alpha value is -1.73. The average Bonchev–Trinajstić information content (AvgIpc) is 2.99. The van der Waals surface area contributed by atoms with Gasteiger partial charge in [0.2, 0.25) is 0 Å². The second-order valence-electron chi connectivity index (χ2n) is 6.68. The minimum absolute atomic E-state index is 0.0811. The van der Waals surface area contributed by atoms with E-state index in [2.05, 4.69) is 16.9 Å². The van der Waals surface area contributed by atoms with E-state index in [4.69, 9.17) is 4.74 Å². The number of carbonyl (C=O) groups is 1. The highest BCUT2D eigenvalue weighted by Gasteiger charge is 2.37. The van der Waals surface area contributed by atoms with E-state index in [1.54, 1.807) is 6.07 Å². The quantitative estimate of drug-likeness (QED) is 0.800. The van der Waals surface area contributed by atoms with Crippen molar-refractivity contribution in [3.63, 3.8) is 0 Å². The molecular formula is C17H26N4O3. The number of aromatic nitrogens is 2. The summed E-state index contributed by atoms with van der Waals surface area (Å²) >= 11 is 0. The van der Waals surface area contributed by atoms with E-state index in [9.17, 15) is 9.59 Å². The SMILES string of the molecule is CCCn1nc(C(=O)N2C[C@@H](C)[C@H](N3CCOCC3)C2)ccc1=O. The predicted octanol–water partition coefficient (Wildman–Crippen LogP) is 0.446. The number of rotatable bonds is 4. The fourth-order valence-electron chi connectivity index (χ4n) is 3.60. The lowest BCUT2D eigenvalue weighted by molar-refractivity contribution is 0.0119. The molecule has 0 aromatic carbocycles. The minimum atomic E-state index is -0.158. The van der Waals surface area contributed by atoms with Gasteiger partial charge < -0.3 is 9.64 Å². The highest BCUT2D eigenvalue weighted by Crippen LogP contribution is 2.23. The maximum absolute atomic E-state index is 12.8. The third-order valence-electron chi connectivity index (χ3n) is 4.90. The maximum atomic E-state index is 12.8. The van der Waals surface area contributed by atoms with Crippen LogP contribution in [0.25, 0.3) is 0 Å². The molecule has 132 valence electrons. The summed E-state index contributed by atoms with van der Waals surface area (Å²) in [7, 11) is 0. The summed E-state index contributed by atoms with van der Waals surface area (Å²) in [4.78, 5) is 28.9. The van der Waals surface area contributed by atoms with Gasteiger partial charge >= 0.3 is 0 Å². The van der Waals surface area contributed by atoms with Crippen LogP contribution < -0.4 is 5.56 Å². The molecule has 0 N–H and O–H groups in total. The second-order valence-corrected chi connectivity index (χ2v) is 6.68. The highest BCUT2D eigenvalue weighted by molar-refractivity contribution is 5.92. The van der Waals surface area contributed by atoms with E-state index in [0.717, 1.165) is 39.3 Å². The minimum Gasteiger partial charge on any atom is -0.379 e. The molecule has 3 heterocycles. The fraction of sp³-hybridized carbons (Fsp3) is 0.706. The van der Waals surface area contributed by atoms with Crippen LogP contribution in [0.3, 0.4) is 0 Å². The van der Waals surface area contributed by atoms with Crippen LogP contribution in [0.2, 0.25) is 0 Å². The lowest BCUT2D eigenvalue weighted by atomic mass is 10.0. The van der Waals surface area contributed by atoms with Crippen LogP contribution in [-0.2, 0) is 11.3 Å². The van der Waals surface area contributed by atoms with Crippen molar-refractivity contribution in [1.82, 2.24) is 19.6 Å². The number of likely N-dealkylation sites (tertiary alicyclic amines) is 1. The number of carbonyl (C=O) groups excluding carboxylic acids is 1. The van der Waals surface area contributed by atoms with Gasteiger partial charge in [0.05, 0.1) is 13.2 Å². The number of amides is 1. The van der Waals surface area contributed by atoms with E-state index in [1.165, 1.54) is 10.7 Å². The number of hydrogen-bond donors (Lipinski definition) is 0. The summed E-state index contributed by atoms with van der Waals surface area (Å²) < 4.78 is 6.80. The largest absolute Gasteiger partial charge is 0.379 e. The Morgan fingerprint density at radius 1 is 1.29 bits per heavy atom. The number of ether oxygens (including phenoxy) is 1. The predicted molar refractivity (Wildman–Crippen MR) is 90.0 cm³/mol. The molecule has 24 heavy (non-hydrogen) atoms. The summed E-state index contributed by atoms with van der Waals surface area (Å²) in [6, 6.07) is 3.36. The van der Waals surface area contributed by atoms with Crippen LogP contribution in [0.15, 0.2) is 16.9 Å². The summed E-state index contributed by atoms with van der Waals surface area (Å²) in [5, 5.41) is 4.25. The van der Waals surface area contributed by atoms with Gasteiger partial charge in [-0.05, 0) is 18.4 Å². The topological polar surface area (TPSA) is 67.7 Å². The van der Waals surface area contributed by atoms with Crippen LogP contribution in [0.4, 0.5) is 0 Å². The van der Waals surface area contributed by atoms with Gasteiger partial charge in [-0.1, -0.05) is 13.8 Å². The van der Waals surface area contributed by atoms with Crippen molar-refractivity contribution in [3.8, 4) is 0 Å². The van der Waals surface area contributed by atoms with E-state index >= 15 is 0 Å². The molecule has 2 saturated heterocycles. The number of nitrogens with zero attached hydrogens (tertiary/aromatic N) is 4. The maximum Gasteiger partial charge on any atom is 0.274 e. The van der Waals surface area contributed by atoms with Gasteiger partial charge in [-0.15, -0.1) is 0 Å². The van der Waals surface area contributed by atoms with Gasteiger partial charge in [0.25, 0.3) is 11.5 Å². The summed E-state index contributed by atoms with van der Waals surface area (Å²) in [6.07, 6.45) is 0.810. The van der Waals surface area contributed by atoms with Crippen molar-refractivity contribution in [2.45, 2.75) is 32.9 Å². The van der Waals surface area contributed by atoms with Gasteiger partial charge in [-0.3, -0.25) is 14.5 Å². The van der Waals surface area contributed by atoms with Crippen LogP contribution in [-0.4, -0.2) is 70.9 Å². The molecule has 3 rings (SSSR count). The van der Waals surface area contributed by atoms with Gasteiger partial charge in [-0.2, -0.15) is 5.10 Å². The Balaban J connectivity index is 1.71. The number of hydrogen-bond acceptors (Lipinski definition) is 5.